The van der Waals surface area contributed by atoms with Crippen molar-refractivity contribution in [2.45, 2.75) is 18.9 Å². The lowest BCUT2D eigenvalue weighted by Crippen LogP contribution is -2.24. The summed E-state index contributed by atoms with van der Waals surface area (Å²) in [5, 5.41) is 13.5. The van der Waals surface area contributed by atoms with E-state index in [2.05, 4.69) is 30.8 Å². The summed E-state index contributed by atoms with van der Waals surface area (Å²) in [6.07, 6.45) is 4.87. The first-order valence-electron chi connectivity index (χ1n) is 10.9. The quantitative estimate of drug-likeness (QED) is 0.397. The number of H-pyrrole nitrogens is 1. The predicted molar refractivity (Wildman–Crippen MR) is 126 cm³/mol. The second kappa shape index (κ2) is 8.79. The number of amides is 1. The van der Waals surface area contributed by atoms with E-state index in [1.54, 1.807) is 42.7 Å². The van der Waals surface area contributed by atoms with Gasteiger partial charge in [-0.2, -0.15) is 5.10 Å². The number of benzene rings is 1. The first kappa shape index (κ1) is 21.9. The van der Waals surface area contributed by atoms with Gasteiger partial charge >= 0.3 is 0 Å². The number of hydrogen-bond acceptors (Lipinski definition) is 6. The fourth-order valence-electron chi connectivity index (χ4n) is 4.10. The smallest absolute Gasteiger partial charge is 0.276 e. The number of hydrogen-bond donors (Lipinski definition) is 3. The molecule has 174 valence electrons. The molecule has 0 bridgehead atoms. The molecule has 10 heteroatoms. The maximum Gasteiger partial charge on any atom is 0.276 e. The Labute approximate surface area is 194 Å². The molecule has 3 N–H and O–H groups in total. The lowest BCUT2D eigenvalue weighted by Gasteiger charge is -2.15. The number of nitrogens with one attached hydrogen (secondary N) is 3. The fraction of sp³-hybridized carbons (Fsp3) is 0.250. The number of pyridine rings is 2. The molecule has 0 radical (unpaired) electrons. The van der Waals surface area contributed by atoms with Crippen LogP contribution in [-0.2, 0) is 6.54 Å². The van der Waals surface area contributed by atoms with E-state index in [0.717, 1.165) is 22.2 Å². The molecule has 1 amide bonds. The van der Waals surface area contributed by atoms with E-state index in [0.29, 0.717) is 30.0 Å². The Bertz CT molecular complexity index is 1340. The zero-order chi connectivity index (χ0) is 23.7. The Kier molecular flexibility index (Phi) is 5.66. The molecule has 0 aliphatic carbocycles. The van der Waals surface area contributed by atoms with Gasteiger partial charge in [-0.15, -0.1) is 0 Å². The highest BCUT2D eigenvalue weighted by Gasteiger charge is 2.37. The van der Waals surface area contributed by atoms with Gasteiger partial charge in [0.2, 0.25) is 0 Å². The van der Waals surface area contributed by atoms with Gasteiger partial charge in [-0.25, -0.2) is 13.8 Å². The number of anilines is 2. The molecule has 4 heterocycles. The molecule has 1 fully saturated rings. The van der Waals surface area contributed by atoms with Gasteiger partial charge in [-0.05, 0) is 41.5 Å². The van der Waals surface area contributed by atoms with E-state index < -0.39 is 5.92 Å². The number of aromatic nitrogens is 4. The van der Waals surface area contributed by atoms with Gasteiger partial charge in [0, 0.05) is 49.9 Å². The van der Waals surface area contributed by atoms with E-state index in [9.17, 15) is 13.6 Å². The third-order valence-electron chi connectivity index (χ3n) is 5.84. The lowest BCUT2D eigenvalue weighted by atomic mass is 10.0. The molecule has 34 heavy (non-hydrogen) atoms. The van der Waals surface area contributed by atoms with Crippen LogP contribution in [0.2, 0.25) is 0 Å². The number of rotatable bonds is 6. The summed E-state index contributed by atoms with van der Waals surface area (Å²) >= 11 is 0. The number of aromatic amines is 1. The van der Waals surface area contributed by atoms with E-state index in [-0.39, 0.29) is 24.6 Å². The second-order valence-electron chi connectivity index (χ2n) is 8.37. The molecule has 0 atom stereocenters. The Morgan fingerprint density at radius 2 is 2.03 bits per heavy atom. The van der Waals surface area contributed by atoms with Crippen molar-refractivity contribution in [3.8, 4) is 11.1 Å². The van der Waals surface area contributed by atoms with Crippen molar-refractivity contribution < 1.29 is 13.6 Å². The molecular weight excluding hydrogens is 440 g/mol. The molecule has 1 aliphatic rings. The molecule has 5 rings (SSSR count). The minimum Gasteiger partial charge on any atom is -0.373 e. The average Bonchev–Trinajstić information content (AvgIpc) is 3.41. The van der Waals surface area contributed by atoms with Gasteiger partial charge < -0.3 is 10.6 Å². The second-order valence-corrected chi connectivity index (χ2v) is 8.37. The van der Waals surface area contributed by atoms with Crippen molar-refractivity contribution in [1.82, 2.24) is 25.1 Å². The zero-order valence-corrected chi connectivity index (χ0v) is 18.5. The molecule has 3 aromatic heterocycles. The van der Waals surface area contributed by atoms with Crippen molar-refractivity contribution in [2.75, 3.05) is 30.8 Å². The van der Waals surface area contributed by atoms with Gasteiger partial charge in [0.1, 0.15) is 5.82 Å². The van der Waals surface area contributed by atoms with Gasteiger partial charge in [0.05, 0.1) is 23.9 Å². The maximum atomic E-state index is 13.5. The number of likely N-dealkylation sites (tertiary alicyclic amines) is 1. The molecular formula is C24H23F2N7O. The van der Waals surface area contributed by atoms with Gasteiger partial charge in [0.15, 0.2) is 5.69 Å². The summed E-state index contributed by atoms with van der Waals surface area (Å²) in [7, 11) is 1.77. The summed E-state index contributed by atoms with van der Waals surface area (Å²) < 4.78 is 27.1. The molecule has 4 aromatic rings. The van der Waals surface area contributed by atoms with E-state index >= 15 is 0 Å². The van der Waals surface area contributed by atoms with Crippen LogP contribution in [0.15, 0.2) is 55.0 Å². The summed E-state index contributed by atoms with van der Waals surface area (Å²) in [6.45, 7) is 0.548. The standard InChI is InChI=1S/C24H23F2N7O/c1-27-21-5-3-18(12-29-21)30-23(34)22-19-9-16(2-4-20(19)31-32-22)17-8-15(10-28-11-17)13-33-7-6-24(25,26)14-33/h2-5,8-12H,6-7,13-14H2,1H3,(H,27,29)(H,30,34)(H,31,32). The van der Waals surface area contributed by atoms with E-state index in [1.165, 1.54) is 0 Å². The minimum absolute atomic E-state index is 0.113. The Balaban J connectivity index is 1.38. The van der Waals surface area contributed by atoms with Crippen molar-refractivity contribution >= 4 is 28.3 Å². The molecule has 0 spiro atoms. The van der Waals surface area contributed by atoms with Crippen LogP contribution in [0.25, 0.3) is 22.0 Å². The van der Waals surface area contributed by atoms with Crippen LogP contribution >= 0.6 is 0 Å². The van der Waals surface area contributed by atoms with Crippen molar-refractivity contribution in [2.24, 2.45) is 0 Å². The van der Waals surface area contributed by atoms with Crippen LogP contribution < -0.4 is 10.6 Å². The minimum atomic E-state index is -2.63. The zero-order valence-electron chi connectivity index (χ0n) is 18.5. The monoisotopic (exact) mass is 463 g/mol. The highest BCUT2D eigenvalue weighted by molar-refractivity contribution is 6.11. The number of carbonyl (C=O) groups is 1. The third-order valence-corrected chi connectivity index (χ3v) is 5.84. The number of halogens is 2. The van der Waals surface area contributed by atoms with Gasteiger partial charge in [-0.3, -0.25) is 19.8 Å². The molecule has 0 unspecified atom stereocenters. The molecule has 1 aromatic carbocycles. The number of alkyl halides is 2. The van der Waals surface area contributed by atoms with E-state index in [1.807, 2.05) is 24.3 Å². The number of carbonyl (C=O) groups excluding carboxylic acids is 1. The molecule has 0 saturated carbocycles. The van der Waals surface area contributed by atoms with Crippen LogP contribution in [0, 0.1) is 0 Å². The van der Waals surface area contributed by atoms with Crippen molar-refractivity contribution in [1.29, 1.82) is 0 Å². The Morgan fingerprint density at radius 3 is 2.76 bits per heavy atom. The first-order valence-corrected chi connectivity index (χ1v) is 10.9. The third kappa shape index (κ3) is 4.58. The van der Waals surface area contributed by atoms with Crippen LogP contribution in [0.1, 0.15) is 22.5 Å². The first-order chi connectivity index (χ1) is 16.4. The van der Waals surface area contributed by atoms with Crippen LogP contribution in [0.3, 0.4) is 0 Å². The summed E-state index contributed by atoms with van der Waals surface area (Å²) in [4.78, 5) is 23.1. The molecule has 1 aliphatic heterocycles. The topological polar surface area (TPSA) is 98.8 Å². The normalized spacial score (nSPS) is 15.5. The average molecular weight is 463 g/mol. The van der Waals surface area contributed by atoms with Crippen molar-refractivity contribution in [3.05, 3.63) is 66.2 Å². The van der Waals surface area contributed by atoms with Gasteiger partial charge in [0.25, 0.3) is 11.8 Å². The summed E-state index contributed by atoms with van der Waals surface area (Å²) in [5.41, 5.74) is 4.09. The number of fused-ring (bicyclic) bond motifs is 1. The van der Waals surface area contributed by atoms with Gasteiger partial charge in [-0.1, -0.05) is 6.07 Å². The Hall–Kier alpha value is -3.92. The van der Waals surface area contributed by atoms with Crippen LogP contribution in [-0.4, -0.2) is 57.0 Å². The molecule has 8 nitrogen and oxygen atoms in total. The van der Waals surface area contributed by atoms with Crippen molar-refractivity contribution in [3.63, 3.8) is 0 Å². The maximum absolute atomic E-state index is 13.5. The highest BCUT2D eigenvalue weighted by atomic mass is 19.3. The summed E-state index contributed by atoms with van der Waals surface area (Å²) in [5.74, 6) is -2.29. The Morgan fingerprint density at radius 1 is 1.15 bits per heavy atom. The molecule has 1 saturated heterocycles. The highest BCUT2D eigenvalue weighted by Crippen LogP contribution is 2.29. The van der Waals surface area contributed by atoms with E-state index in [4.69, 9.17) is 0 Å². The SMILES string of the molecule is CNc1ccc(NC(=O)c2n[nH]c3ccc(-c4cncc(CN5CCC(F)(F)C5)c4)cc23)cn1. The largest absolute Gasteiger partial charge is 0.373 e. The predicted octanol–water partition coefficient (Wildman–Crippen LogP) is 4.15. The van der Waals surface area contributed by atoms with Crippen LogP contribution in [0.5, 0.6) is 0 Å². The summed E-state index contributed by atoms with van der Waals surface area (Å²) in [6, 6.07) is 11.1. The number of nitrogens with zero attached hydrogens (tertiary/aromatic N) is 4. The lowest BCUT2D eigenvalue weighted by molar-refractivity contribution is 0.0115. The van der Waals surface area contributed by atoms with Crippen LogP contribution in [0.4, 0.5) is 20.3 Å². The fourth-order valence-corrected chi connectivity index (χ4v) is 4.10.